The van der Waals surface area contributed by atoms with E-state index >= 15 is 0 Å². The maximum Gasteiger partial charge on any atom is 0.237 e. The Bertz CT molecular complexity index is 708. The number of carbonyl (C=O) groups excluding carboxylic acids is 4. The van der Waals surface area contributed by atoms with Crippen LogP contribution in [0.4, 0.5) is 0 Å². The molecule has 0 aliphatic carbocycles. The third kappa shape index (κ3) is 24.2. The van der Waals surface area contributed by atoms with Gasteiger partial charge in [0.15, 0.2) is 5.78 Å². The van der Waals surface area contributed by atoms with E-state index in [-0.39, 0.29) is 42.8 Å². The van der Waals surface area contributed by atoms with Crippen LogP contribution in [0.15, 0.2) is 0 Å². The lowest BCUT2D eigenvalue weighted by atomic mass is 10.0. The lowest BCUT2D eigenvalue weighted by Crippen LogP contribution is -2.50. The van der Waals surface area contributed by atoms with Gasteiger partial charge in [-0.3, -0.25) is 19.2 Å². The van der Waals surface area contributed by atoms with Crippen molar-refractivity contribution in [2.45, 2.75) is 90.1 Å². The van der Waals surface area contributed by atoms with Gasteiger partial charge >= 0.3 is 0 Å². The number of hydrogen-bond donors (Lipinski definition) is 7. The molecule has 12 nitrogen and oxygen atoms in total. The van der Waals surface area contributed by atoms with Gasteiger partial charge in [-0.25, -0.2) is 0 Å². The summed E-state index contributed by atoms with van der Waals surface area (Å²) in [5.41, 5.74) is 5.43. The van der Waals surface area contributed by atoms with Gasteiger partial charge < -0.3 is 42.5 Å². The normalized spacial score (nSPS) is 12.6. The minimum absolute atomic E-state index is 0.0936. The largest absolute Gasteiger partial charge is 0.356 e. The predicted molar refractivity (Wildman–Crippen MR) is 166 cm³/mol. The molecule has 240 valence electrons. The van der Waals surface area contributed by atoms with E-state index < -0.39 is 12.1 Å². The SMILES string of the molecule is CCCCCCNC(CCC(=O)NCCCNCCCN(C)C)C(=O)NC(CCC(=O)NCCNCCN)C(C)=O. The Morgan fingerprint density at radius 1 is 0.707 bits per heavy atom. The van der Waals surface area contributed by atoms with Gasteiger partial charge in [-0.1, -0.05) is 26.2 Å². The van der Waals surface area contributed by atoms with E-state index in [9.17, 15) is 19.2 Å². The Morgan fingerprint density at radius 3 is 1.98 bits per heavy atom. The number of unbranched alkanes of at least 4 members (excludes halogenated alkanes) is 3. The smallest absolute Gasteiger partial charge is 0.237 e. The van der Waals surface area contributed by atoms with Crippen molar-refractivity contribution in [1.29, 1.82) is 0 Å². The zero-order valence-corrected chi connectivity index (χ0v) is 26.2. The maximum atomic E-state index is 13.1. The summed E-state index contributed by atoms with van der Waals surface area (Å²) in [7, 11) is 4.11. The summed E-state index contributed by atoms with van der Waals surface area (Å²) in [6.45, 7) is 9.92. The highest BCUT2D eigenvalue weighted by molar-refractivity contribution is 5.90. The molecule has 0 heterocycles. The first kappa shape index (κ1) is 38.9. The van der Waals surface area contributed by atoms with E-state index in [1.54, 1.807) is 0 Å². The fourth-order valence-electron chi connectivity index (χ4n) is 4.13. The molecule has 8 N–H and O–H groups in total. The minimum Gasteiger partial charge on any atom is -0.356 e. The summed E-state index contributed by atoms with van der Waals surface area (Å²) in [6.07, 6.45) is 7.05. The summed E-state index contributed by atoms with van der Waals surface area (Å²) in [4.78, 5) is 52.2. The molecule has 0 aromatic rings. The second kappa shape index (κ2) is 26.8. The number of carbonyl (C=O) groups is 4. The minimum atomic E-state index is -0.757. The molecule has 0 radical (unpaired) electrons. The third-order valence-corrected chi connectivity index (χ3v) is 6.62. The highest BCUT2D eigenvalue weighted by Gasteiger charge is 2.24. The zero-order valence-electron chi connectivity index (χ0n) is 26.2. The lowest BCUT2D eigenvalue weighted by molar-refractivity contribution is -0.129. The predicted octanol–water partition coefficient (Wildman–Crippen LogP) is -0.129. The molecule has 0 fully saturated rings. The number of hydrogen-bond acceptors (Lipinski definition) is 9. The molecule has 0 saturated carbocycles. The van der Waals surface area contributed by atoms with Crippen LogP contribution in [0.25, 0.3) is 0 Å². The molecule has 0 aliphatic rings. The van der Waals surface area contributed by atoms with Crippen molar-refractivity contribution < 1.29 is 19.2 Å². The summed E-state index contributed by atoms with van der Waals surface area (Å²) >= 11 is 0. The Morgan fingerprint density at radius 2 is 1.34 bits per heavy atom. The molecule has 3 amide bonds. The van der Waals surface area contributed by atoms with E-state index in [1.807, 2.05) is 0 Å². The molecule has 2 unspecified atom stereocenters. The highest BCUT2D eigenvalue weighted by atomic mass is 16.2. The second-order valence-electron chi connectivity index (χ2n) is 10.8. The standard InChI is InChI=1S/C29H60N8O4/c1-5-6-7-8-18-33-26(12-14-27(39)34-19-9-16-31-17-10-23-37(3)4)29(41)36-25(24(2)38)11-13-28(40)35-22-21-32-20-15-30/h25-26,31-33H,5-23,30H2,1-4H3,(H,34,39)(H,35,40)(H,36,41). The summed E-state index contributed by atoms with van der Waals surface area (Å²) in [6, 6.07) is -1.35. The molecule has 41 heavy (non-hydrogen) atoms. The Balaban J connectivity index is 4.65. The number of nitrogens with one attached hydrogen (secondary N) is 6. The molecule has 0 rings (SSSR count). The van der Waals surface area contributed by atoms with E-state index in [0.29, 0.717) is 45.7 Å². The number of ketones is 1. The number of Topliss-reactive ketones (excluding diaryl/α,β-unsaturated/α-hetero) is 1. The van der Waals surface area contributed by atoms with Crippen LogP contribution in [0.5, 0.6) is 0 Å². The van der Waals surface area contributed by atoms with Gasteiger partial charge in [0.25, 0.3) is 0 Å². The van der Waals surface area contributed by atoms with Gasteiger partial charge in [-0.2, -0.15) is 0 Å². The van der Waals surface area contributed by atoms with Gasteiger partial charge in [0.2, 0.25) is 17.7 Å². The maximum absolute atomic E-state index is 13.1. The van der Waals surface area contributed by atoms with Crippen LogP contribution >= 0.6 is 0 Å². The molecule has 0 aliphatic heterocycles. The van der Waals surface area contributed by atoms with Crippen molar-refractivity contribution in [2.24, 2.45) is 5.73 Å². The monoisotopic (exact) mass is 584 g/mol. The van der Waals surface area contributed by atoms with Gasteiger partial charge in [0.05, 0.1) is 12.1 Å². The van der Waals surface area contributed by atoms with Crippen molar-refractivity contribution >= 4 is 23.5 Å². The van der Waals surface area contributed by atoms with Gasteiger partial charge in [-0.05, 0) is 79.3 Å². The molecular weight excluding hydrogens is 524 g/mol. The van der Waals surface area contributed by atoms with Crippen molar-refractivity contribution in [3.63, 3.8) is 0 Å². The van der Waals surface area contributed by atoms with Crippen LogP contribution in [-0.2, 0) is 19.2 Å². The average molecular weight is 585 g/mol. The van der Waals surface area contributed by atoms with Crippen molar-refractivity contribution in [3.8, 4) is 0 Å². The molecule has 0 spiro atoms. The quantitative estimate of drug-likeness (QED) is 0.0619. The van der Waals surface area contributed by atoms with E-state index in [1.165, 1.54) is 6.92 Å². The Kier molecular flexibility index (Phi) is 25.4. The van der Waals surface area contributed by atoms with E-state index in [2.05, 4.69) is 57.8 Å². The van der Waals surface area contributed by atoms with Crippen LogP contribution in [-0.4, -0.2) is 113 Å². The number of nitrogens with two attached hydrogens (primary N) is 1. The van der Waals surface area contributed by atoms with Crippen LogP contribution in [0, 0.1) is 0 Å². The van der Waals surface area contributed by atoms with Crippen LogP contribution in [0.3, 0.4) is 0 Å². The van der Waals surface area contributed by atoms with Crippen molar-refractivity contribution in [2.75, 3.05) is 73.0 Å². The van der Waals surface area contributed by atoms with Crippen LogP contribution < -0.4 is 37.6 Å². The van der Waals surface area contributed by atoms with Gasteiger partial charge in [-0.15, -0.1) is 0 Å². The first-order valence-corrected chi connectivity index (χ1v) is 15.5. The summed E-state index contributed by atoms with van der Waals surface area (Å²) in [5, 5.41) is 18.3. The number of rotatable bonds is 28. The Hall–Kier alpha value is -2.12. The highest BCUT2D eigenvalue weighted by Crippen LogP contribution is 2.05. The molecule has 0 aromatic heterocycles. The van der Waals surface area contributed by atoms with Crippen molar-refractivity contribution in [3.05, 3.63) is 0 Å². The number of amides is 3. The molecular formula is C29H60N8O4. The second-order valence-corrected chi connectivity index (χ2v) is 10.8. The van der Waals surface area contributed by atoms with Crippen molar-refractivity contribution in [1.82, 2.24) is 36.8 Å². The van der Waals surface area contributed by atoms with Gasteiger partial charge in [0.1, 0.15) is 0 Å². The molecule has 0 aromatic carbocycles. The molecule has 12 heteroatoms. The van der Waals surface area contributed by atoms with Crippen LogP contribution in [0.1, 0.15) is 78.1 Å². The molecule has 0 saturated heterocycles. The number of nitrogens with zero attached hydrogens (tertiary/aromatic N) is 1. The molecule has 2 atom stereocenters. The van der Waals surface area contributed by atoms with E-state index in [4.69, 9.17) is 5.73 Å². The van der Waals surface area contributed by atoms with Gasteiger partial charge in [0, 0.05) is 45.6 Å². The van der Waals surface area contributed by atoms with E-state index in [0.717, 1.165) is 58.2 Å². The third-order valence-electron chi connectivity index (χ3n) is 6.62. The zero-order chi connectivity index (χ0) is 30.7. The average Bonchev–Trinajstić information content (AvgIpc) is 2.93. The summed E-state index contributed by atoms with van der Waals surface area (Å²) in [5.74, 6) is -0.789. The fourth-order valence-corrected chi connectivity index (χ4v) is 4.13. The first-order valence-electron chi connectivity index (χ1n) is 15.5. The fraction of sp³-hybridized carbons (Fsp3) is 0.862. The van der Waals surface area contributed by atoms with Crippen LogP contribution in [0.2, 0.25) is 0 Å². The lowest BCUT2D eigenvalue weighted by Gasteiger charge is -2.22. The molecule has 0 bridgehead atoms. The Labute approximate surface area is 248 Å². The topological polar surface area (TPSA) is 170 Å². The summed E-state index contributed by atoms with van der Waals surface area (Å²) < 4.78 is 0. The first-order chi connectivity index (χ1) is 19.7.